The first-order chi connectivity index (χ1) is 9.91. The molecule has 120 valence electrons. The minimum Gasteiger partial charge on any atom is -0.313 e. The highest BCUT2D eigenvalue weighted by Crippen LogP contribution is 2.42. The van der Waals surface area contributed by atoms with Gasteiger partial charge in [0, 0.05) is 18.3 Å². The van der Waals surface area contributed by atoms with E-state index in [1.807, 2.05) is 23.4 Å². The van der Waals surface area contributed by atoms with Crippen molar-refractivity contribution in [2.45, 2.75) is 69.8 Å². The van der Waals surface area contributed by atoms with Crippen molar-refractivity contribution in [2.75, 3.05) is 6.54 Å². The molecule has 1 N–H and O–H groups in total. The van der Waals surface area contributed by atoms with E-state index < -0.39 is 0 Å². The summed E-state index contributed by atoms with van der Waals surface area (Å²) in [4.78, 5) is 0. The largest absolute Gasteiger partial charge is 0.313 e. The van der Waals surface area contributed by atoms with Gasteiger partial charge in [-0.1, -0.05) is 39.5 Å². The van der Waals surface area contributed by atoms with Crippen molar-refractivity contribution in [2.24, 2.45) is 18.4 Å². The normalized spacial score (nSPS) is 27.0. The summed E-state index contributed by atoms with van der Waals surface area (Å²) < 4.78 is 2.03. The predicted molar refractivity (Wildman–Crippen MR) is 89.5 cm³/mol. The quantitative estimate of drug-likeness (QED) is 0.904. The van der Waals surface area contributed by atoms with Gasteiger partial charge in [0.1, 0.15) is 6.33 Å². The van der Waals surface area contributed by atoms with Crippen LogP contribution in [-0.4, -0.2) is 32.6 Å². The van der Waals surface area contributed by atoms with Gasteiger partial charge in [-0.2, -0.15) is 0 Å². The van der Waals surface area contributed by atoms with E-state index >= 15 is 0 Å². The highest BCUT2D eigenvalue weighted by molar-refractivity contribution is 7.99. The fourth-order valence-corrected chi connectivity index (χ4v) is 4.43. The molecule has 1 aromatic heterocycles. The van der Waals surface area contributed by atoms with E-state index in [1.54, 1.807) is 6.33 Å². The molecular weight excluding hydrogens is 280 g/mol. The number of nitrogens with zero attached hydrogens (tertiary/aromatic N) is 3. The van der Waals surface area contributed by atoms with Gasteiger partial charge in [-0.25, -0.2) is 0 Å². The zero-order valence-electron chi connectivity index (χ0n) is 14.1. The summed E-state index contributed by atoms with van der Waals surface area (Å²) in [6.07, 6.45) is 6.86. The Labute approximate surface area is 133 Å². The van der Waals surface area contributed by atoms with Gasteiger partial charge in [0.15, 0.2) is 5.16 Å². The second kappa shape index (κ2) is 7.14. The van der Waals surface area contributed by atoms with Crippen LogP contribution in [0.4, 0.5) is 0 Å². The minimum atomic E-state index is 0.397. The summed E-state index contributed by atoms with van der Waals surface area (Å²) in [6.45, 7) is 10.5. The highest BCUT2D eigenvalue weighted by Gasteiger charge is 2.36. The molecular formula is C16H30N4S. The van der Waals surface area contributed by atoms with Crippen LogP contribution < -0.4 is 5.32 Å². The van der Waals surface area contributed by atoms with Gasteiger partial charge in [0.05, 0.1) is 0 Å². The monoisotopic (exact) mass is 310 g/mol. The highest BCUT2D eigenvalue weighted by atomic mass is 32.2. The predicted octanol–water partition coefficient (Wildman–Crippen LogP) is 3.49. The molecule has 2 rings (SSSR count). The molecule has 1 fully saturated rings. The molecule has 1 aliphatic rings. The summed E-state index contributed by atoms with van der Waals surface area (Å²) in [7, 11) is 2.03. The van der Waals surface area contributed by atoms with E-state index in [-0.39, 0.29) is 0 Å². The van der Waals surface area contributed by atoms with Gasteiger partial charge in [-0.3, -0.25) is 0 Å². The van der Waals surface area contributed by atoms with Gasteiger partial charge in [0.25, 0.3) is 0 Å². The molecule has 0 amide bonds. The molecule has 4 nitrogen and oxygen atoms in total. The van der Waals surface area contributed by atoms with Crippen LogP contribution in [0.2, 0.25) is 0 Å². The third-order valence-corrected chi connectivity index (χ3v) is 6.00. The smallest absolute Gasteiger partial charge is 0.191 e. The lowest BCUT2D eigenvalue weighted by atomic mass is 9.71. The molecule has 0 radical (unpaired) electrons. The Balaban J connectivity index is 2.07. The van der Waals surface area contributed by atoms with Gasteiger partial charge in [0.2, 0.25) is 0 Å². The fourth-order valence-electron chi connectivity index (χ4n) is 3.12. The van der Waals surface area contributed by atoms with Crippen LogP contribution in [0.3, 0.4) is 0 Å². The van der Waals surface area contributed by atoms with Gasteiger partial charge >= 0.3 is 0 Å². The Morgan fingerprint density at radius 1 is 1.38 bits per heavy atom. The standard InChI is InChI=1S/C16H30N4S/c1-6-9-17-13-8-7-12(16(2,3)4)10-14(13)21-15-19-18-11-20(15)5/h11-14,17H,6-10H2,1-5H3. The van der Waals surface area contributed by atoms with Crippen LogP contribution >= 0.6 is 11.8 Å². The first-order valence-electron chi connectivity index (χ1n) is 8.15. The lowest BCUT2D eigenvalue weighted by molar-refractivity contribution is 0.165. The maximum Gasteiger partial charge on any atom is 0.191 e. The summed E-state index contributed by atoms with van der Waals surface area (Å²) >= 11 is 1.90. The maximum atomic E-state index is 4.26. The molecule has 3 unspecified atom stereocenters. The van der Waals surface area contributed by atoms with Crippen molar-refractivity contribution >= 4 is 11.8 Å². The molecule has 3 atom stereocenters. The van der Waals surface area contributed by atoms with Crippen molar-refractivity contribution in [1.82, 2.24) is 20.1 Å². The molecule has 0 aliphatic heterocycles. The average Bonchev–Trinajstić information content (AvgIpc) is 2.82. The average molecular weight is 311 g/mol. The number of hydrogen-bond donors (Lipinski definition) is 1. The van der Waals surface area contributed by atoms with Crippen LogP contribution in [0.15, 0.2) is 11.5 Å². The van der Waals surface area contributed by atoms with E-state index in [4.69, 9.17) is 0 Å². The summed E-state index contributed by atoms with van der Waals surface area (Å²) in [5.41, 5.74) is 0.397. The molecule has 5 heteroatoms. The number of aryl methyl sites for hydroxylation is 1. The molecule has 1 saturated carbocycles. The van der Waals surface area contributed by atoms with Crippen LogP contribution in [0.1, 0.15) is 53.4 Å². The lowest BCUT2D eigenvalue weighted by Crippen LogP contribution is -2.45. The molecule has 1 aliphatic carbocycles. The Hall–Kier alpha value is -0.550. The van der Waals surface area contributed by atoms with Crippen LogP contribution in [0.25, 0.3) is 0 Å². The summed E-state index contributed by atoms with van der Waals surface area (Å²) in [5, 5.41) is 13.7. The molecule has 0 spiro atoms. The van der Waals surface area contributed by atoms with Gasteiger partial charge in [-0.05, 0) is 43.6 Å². The molecule has 0 saturated heterocycles. The maximum absolute atomic E-state index is 4.26. The number of aromatic nitrogens is 3. The van der Waals surface area contributed by atoms with E-state index in [0.29, 0.717) is 16.7 Å². The zero-order chi connectivity index (χ0) is 15.5. The van der Waals surface area contributed by atoms with Gasteiger partial charge < -0.3 is 9.88 Å². The third-order valence-electron chi connectivity index (χ3n) is 4.60. The Morgan fingerprint density at radius 2 is 2.14 bits per heavy atom. The third kappa shape index (κ3) is 4.46. The van der Waals surface area contributed by atoms with Crippen LogP contribution in [-0.2, 0) is 7.05 Å². The number of hydrogen-bond acceptors (Lipinski definition) is 4. The van der Waals surface area contributed by atoms with Gasteiger partial charge in [-0.15, -0.1) is 10.2 Å². The summed E-state index contributed by atoms with van der Waals surface area (Å²) in [6, 6.07) is 0.602. The molecule has 1 heterocycles. The first-order valence-corrected chi connectivity index (χ1v) is 9.03. The molecule has 1 aromatic rings. The second-order valence-electron chi connectivity index (χ2n) is 7.32. The van der Waals surface area contributed by atoms with E-state index in [1.165, 1.54) is 25.7 Å². The van der Waals surface area contributed by atoms with Crippen molar-refractivity contribution < 1.29 is 0 Å². The van der Waals surface area contributed by atoms with Crippen molar-refractivity contribution in [1.29, 1.82) is 0 Å². The van der Waals surface area contributed by atoms with Crippen molar-refractivity contribution in [3.8, 4) is 0 Å². The van der Waals surface area contributed by atoms with Crippen LogP contribution in [0, 0.1) is 11.3 Å². The lowest BCUT2D eigenvalue weighted by Gasteiger charge is -2.41. The molecule has 0 bridgehead atoms. The van der Waals surface area contributed by atoms with Crippen molar-refractivity contribution in [3.05, 3.63) is 6.33 Å². The van der Waals surface area contributed by atoms with E-state index in [9.17, 15) is 0 Å². The topological polar surface area (TPSA) is 42.7 Å². The van der Waals surface area contributed by atoms with Crippen molar-refractivity contribution in [3.63, 3.8) is 0 Å². The second-order valence-corrected chi connectivity index (χ2v) is 8.52. The fraction of sp³-hybridized carbons (Fsp3) is 0.875. The Morgan fingerprint density at radius 3 is 2.71 bits per heavy atom. The zero-order valence-corrected chi connectivity index (χ0v) is 14.9. The van der Waals surface area contributed by atoms with E-state index in [2.05, 4.69) is 43.2 Å². The first kappa shape index (κ1) is 16.8. The van der Waals surface area contributed by atoms with E-state index in [0.717, 1.165) is 17.6 Å². The number of rotatable bonds is 5. The Bertz CT molecular complexity index is 438. The van der Waals surface area contributed by atoms with Crippen LogP contribution in [0.5, 0.6) is 0 Å². The summed E-state index contributed by atoms with van der Waals surface area (Å²) in [5.74, 6) is 0.794. The molecule has 21 heavy (non-hydrogen) atoms. The number of thioether (sulfide) groups is 1. The molecule has 0 aromatic carbocycles. The number of nitrogens with one attached hydrogen (secondary N) is 1. The minimum absolute atomic E-state index is 0.397. The Kier molecular flexibility index (Phi) is 5.72. The SMILES string of the molecule is CCCNC1CCC(C(C)(C)C)CC1Sc1nncn1C.